The summed E-state index contributed by atoms with van der Waals surface area (Å²) < 4.78 is 32.5. The Labute approximate surface area is 322 Å². The molecule has 54 heavy (non-hydrogen) atoms. The van der Waals surface area contributed by atoms with E-state index in [9.17, 15) is 14.6 Å². The number of carbonyl (C=O) groups excluding carboxylic acids is 1. The fourth-order valence-electron chi connectivity index (χ4n) is 7.65. The van der Waals surface area contributed by atoms with Crippen molar-refractivity contribution in [2.45, 2.75) is 116 Å². The summed E-state index contributed by atoms with van der Waals surface area (Å²) in [5.41, 5.74) is 1.32. The van der Waals surface area contributed by atoms with Gasteiger partial charge in [-0.05, 0) is 119 Å². The number of para-hydroxylation sites is 2. The van der Waals surface area contributed by atoms with Crippen LogP contribution >= 0.6 is 7.60 Å². The third kappa shape index (κ3) is 11.0. The molecule has 287 valence electrons. The highest BCUT2D eigenvalue weighted by Gasteiger charge is 2.47. The molecular formula is C46H57NO6P. The fraction of sp³-hybridized carbons (Fsp3) is 0.413. The van der Waals surface area contributed by atoms with Crippen molar-refractivity contribution >= 4 is 18.9 Å². The number of benzene rings is 4. The number of allylic oxidation sites excluding steroid dienone is 2. The number of esters is 1. The molecule has 0 aromatic heterocycles. The summed E-state index contributed by atoms with van der Waals surface area (Å²) in [6, 6.07) is 36.8. The highest BCUT2D eigenvalue weighted by Crippen LogP contribution is 2.48. The molecule has 8 heteroatoms. The quantitative estimate of drug-likeness (QED) is 0.0607. The largest absolute Gasteiger partial charge is 0.462 e. The Hall–Kier alpha value is -4.16. The zero-order valence-corrected chi connectivity index (χ0v) is 33.6. The summed E-state index contributed by atoms with van der Waals surface area (Å²) in [5.74, 6) is 1.11. The topological polar surface area (TPSA) is 85.0 Å². The molecule has 1 radical (unpaired) electrons. The van der Waals surface area contributed by atoms with Gasteiger partial charge in [0.25, 0.3) is 0 Å². The molecular weight excluding hydrogens is 693 g/mol. The number of piperidine rings is 1. The van der Waals surface area contributed by atoms with Gasteiger partial charge in [-0.1, -0.05) is 105 Å². The van der Waals surface area contributed by atoms with Crippen LogP contribution in [0.25, 0.3) is 0 Å². The molecule has 1 saturated heterocycles. The van der Waals surface area contributed by atoms with Crippen LogP contribution in [0, 0.1) is 5.92 Å². The van der Waals surface area contributed by atoms with Gasteiger partial charge in [0.05, 0.1) is 11.2 Å². The van der Waals surface area contributed by atoms with Gasteiger partial charge in [0.1, 0.15) is 17.6 Å². The van der Waals surface area contributed by atoms with E-state index >= 15 is 0 Å². The van der Waals surface area contributed by atoms with Gasteiger partial charge in [0, 0.05) is 23.9 Å². The predicted molar refractivity (Wildman–Crippen MR) is 217 cm³/mol. The molecule has 5 rings (SSSR count). The van der Waals surface area contributed by atoms with E-state index in [1.54, 1.807) is 24.3 Å². The van der Waals surface area contributed by atoms with Crippen LogP contribution in [-0.2, 0) is 19.3 Å². The number of ether oxygens (including phenoxy) is 1. The molecule has 3 atom stereocenters. The van der Waals surface area contributed by atoms with Crippen molar-refractivity contribution < 1.29 is 28.4 Å². The molecule has 0 saturated carbocycles. The summed E-state index contributed by atoms with van der Waals surface area (Å²) in [6.45, 7) is 11.8. The van der Waals surface area contributed by atoms with Crippen LogP contribution in [0.3, 0.4) is 0 Å². The molecule has 4 aromatic carbocycles. The minimum absolute atomic E-state index is 0.187. The summed E-state index contributed by atoms with van der Waals surface area (Å²) in [6.07, 6.45) is 9.51. The first-order chi connectivity index (χ1) is 25.8. The molecule has 1 aliphatic heterocycles. The lowest BCUT2D eigenvalue weighted by Crippen LogP contribution is -2.60. The number of hydrogen-bond donors (Lipinski definition) is 0. The predicted octanol–water partition coefficient (Wildman–Crippen LogP) is 11.6. The van der Waals surface area contributed by atoms with E-state index in [1.807, 2.05) is 89.2 Å². The highest BCUT2D eigenvalue weighted by atomic mass is 31.2. The minimum atomic E-state index is -3.76. The second kappa shape index (κ2) is 18.4. The van der Waals surface area contributed by atoms with Crippen LogP contribution in [0.15, 0.2) is 127 Å². The van der Waals surface area contributed by atoms with E-state index in [-0.39, 0.29) is 23.9 Å². The maximum Gasteiger partial charge on any atom is 0.462 e. The fourth-order valence-corrected chi connectivity index (χ4v) is 9.21. The molecule has 0 bridgehead atoms. The Morgan fingerprint density at radius 1 is 0.759 bits per heavy atom. The monoisotopic (exact) mass is 750 g/mol. The number of carbonyl (C=O) groups is 1. The van der Waals surface area contributed by atoms with Crippen molar-refractivity contribution in [1.29, 1.82) is 0 Å². The first kappa shape index (κ1) is 41.0. The molecule has 1 fully saturated rings. The Bertz CT molecular complexity index is 1760. The van der Waals surface area contributed by atoms with Crippen molar-refractivity contribution in [3.63, 3.8) is 0 Å². The van der Waals surface area contributed by atoms with Gasteiger partial charge in [-0.2, -0.15) is 0 Å². The average Bonchev–Trinajstić information content (AvgIpc) is 3.16. The Morgan fingerprint density at radius 3 is 1.78 bits per heavy atom. The summed E-state index contributed by atoms with van der Waals surface area (Å²) >= 11 is 0. The van der Waals surface area contributed by atoms with Crippen LogP contribution in [-0.4, -0.2) is 28.2 Å². The van der Waals surface area contributed by atoms with E-state index in [4.69, 9.17) is 13.8 Å². The third-order valence-electron chi connectivity index (χ3n) is 10.5. The lowest BCUT2D eigenvalue weighted by molar-refractivity contribution is -0.299. The van der Waals surface area contributed by atoms with Gasteiger partial charge < -0.3 is 13.8 Å². The second-order valence-corrected chi connectivity index (χ2v) is 17.8. The smallest absolute Gasteiger partial charge is 0.462 e. The van der Waals surface area contributed by atoms with Gasteiger partial charge >= 0.3 is 13.6 Å². The summed E-state index contributed by atoms with van der Waals surface area (Å²) in [5, 5.41) is 14.4. The number of rotatable bonds is 17. The first-order valence-corrected chi connectivity index (χ1v) is 20.9. The van der Waals surface area contributed by atoms with Crippen molar-refractivity contribution in [1.82, 2.24) is 5.06 Å². The number of hydrogen-bond acceptors (Lipinski definition) is 6. The minimum Gasteiger partial charge on any atom is -0.462 e. The van der Waals surface area contributed by atoms with Crippen molar-refractivity contribution in [2.75, 3.05) is 0 Å². The van der Waals surface area contributed by atoms with Crippen LogP contribution in [0.2, 0.25) is 0 Å². The van der Waals surface area contributed by atoms with E-state index in [0.717, 1.165) is 30.7 Å². The second-order valence-electron chi connectivity index (χ2n) is 15.9. The van der Waals surface area contributed by atoms with Crippen LogP contribution in [0.5, 0.6) is 11.5 Å². The number of nitrogens with zero attached hydrogens (tertiary/aromatic N) is 1. The zero-order chi connectivity index (χ0) is 38.8. The molecule has 1 aliphatic rings. The highest BCUT2D eigenvalue weighted by molar-refractivity contribution is 7.63. The summed E-state index contributed by atoms with van der Waals surface area (Å²) in [7, 11) is -3.76. The van der Waals surface area contributed by atoms with Crippen LogP contribution in [0.4, 0.5) is 0 Å². The third-order valence-corrected chi connectivity index (χ3v) is 12.4. The lowest BCUT2D eigenvalue weighted by atomic mass is 9.80. The standard InChI is InChI=1S/C46H57NO6P/c1-7-36(38-28-30-43(31-29-38)54(50,52-40-24-16-10-17-25-40)53-41-26-18-11-19-27-41)32-39(37-21-13-9-14-22-37)23-15-8-12-20-35(2)44(48)51-42-33-45(3,4)47(49)46(5,6)34-42/h8-11,13-19,21-22,24-31,35-36,39,42H,7,12,20,23,32-34H2,1-6H3/b15-8+. The van der Waals surface area contributed by atoms with E-state index in [2.05, 4.69) is 55.5 Å². The van der Waals surface area contributed by atoms with Crippen molar-refractivity contribution in [3.8, 4) is 11.5 Å². The van der Waals surface area contributed by atoms with Gasteiger partial charge in [0.2, 0.25) is 0 Å². The van der Waals surface area contributed by atoms with Gasteiger partial charge in [-0.15, -0.1) is 10.3 Å². The molecule has 1 heterocycles. The lowest BCUT2D eigenvalue weighted by Gasteiger charge is -2.49. The van der Waals surface area contributed by atoms with Gasteiger partial charge in [-0.25, -0.2) is 4.57 Å². The van der Waals surface area contributed by atoms with Crippen molar-refractivity contribution in [2.24, 2.45) is 5.92 Å². The van der Waals surface area contributed by atoms with E-state index in [1.165, 1.54) is 11.1 Å². The van der Waals surface area contributed by atoms with Crippen LogP contribution in [0.1, 0.15) is 109 Å². The molecule has 7 nitrogen and oxygen atoms in total. The molecule has 0 spiro atoms. The molecule has 0 amide bonds. The molecule has 0 aliphatic carbocycles. The Morgan fingerprint density at radius 2 is 1.26 bits per heavy atom. The van der Waals surface area contributed by atoms with E-state index < -0.39 is 18.7 Å². The van der Waals surface area contributed by atoms with Gasteiger partial charge in [0.15, 0.2) is 0 Å². The normalized spacial score (nSPS) is 17.8. The molecule has 4 aromatic rings. The molecule has 3 unspecified atom stereocenters. The Kier molecular flexibility index (Phi) is 14.0. The Balaban J connectivity index is 1.22. The van der Waals surface area contributed by atoms with Gasteiger partial charge in [-0.3, -0.25) is 4.79 Å². The van der Waals surface area contributed by atoms with E-state index in [0.29, 0.717) is 42.0 Å². The maximum absolute atomic E-state index is 14.4. The first-order valence-electron chi connectivity index (χ1n) is 19.4. The van der Waals surface area contributed by atoms with Crippen LogP contribution < -0.4 is 14.4 Å². The zero-order valence-electron chi connectivity index (χ0n) is 32.7. The molecule has 0 N–H and O–H groups in total. The maximum atomic E-state index is 14.4. The summed E-state index contributed by atoms with van der Waals surface area (Å²) in [4.78, 5) is 13.0. The van der Waals surface area contributed by atoms with Crippen molar-refractivity contribution in [3.05, 3.63) is 139 Å². The number of hydroxylamine groups is 2. The SMILES string of the molecule is CCC(CC(C/C=C/CCC(C)C(=O)OC1CC(C)(C)N([O])C(C)(C)C1)c1ccccc1)c1ccc(P(=O)(Oc2ccccc2)Oc2ccccc2)cc1. The average molecular weight is 751 g/mol.